The number of allylic oxidation sites excluding steroid dienone is 9. The van der Waals surface area contributed by atoms with E-state index in [1.54, 1.807) is 6.08 Å². The predicted octanol–water partition coefficient (Wildman–Crippen LogP) is 18.0. The van der Waals surface area contributed by atoms with Gasteiger partial charge in [0.1, 0.15) is 48.8 Å². The highest BCUT2D eigenvalue weighted by Crippen LogP contribution is 2.30. The van der Waals surface area contributed by atoms with Crippen molar-refractivity contribution in [3.8, 4) is 0 Å². The highest BCUT2D eigenvalue weighted by molar-refractivity contribution is 5.76. The van der Waals surface area contributed by atoms with E-state index in [0.29, 0.717) is 6.42 Å². The second kappa shape index (κ2) is 65.0. The van der Waals surface area contributed by atoms with Crippen LogP contribution in [0.25, 0.3) is 0 Å². The average Bonchev–Trinajstić information content (AvgIpc) is 0.801. The van der Waals surface area contributed by atoms with E-state index in [1.807, 2.05) is 6.08 Å². The summed E-state index contributed by atoms with van der Waals surface area (Å²) in [6, 6.07) is -0.918. The van der Waals surface area contributed by atoms with Gasteiger partial charge in [-0.15, -0.1) is 0 Å². The molecule has 1 amide bonds. The van der Waals surface area contributed by atoms with Crippen LogP contribution in [0.2, 0.25) is 0 Å². The van der Waals surface area contributed by atoms with Crippen molar-refractivity contribution in [2.45, 2.75) is 428 Å². The highest BCUT2D eigenvalue weighted by atomic mass is 16.7. The molecule has 0 radical (unpaired) electrons. The van der Waals surface area contributed by atoms with Crippen LogP contribution in [0.4, 0.5) is 0 Å². The van der Waals surface area contributed by atoms with Crippen molar-refractivity contribution >= 4 is 5.91 Å². The topological polar surface area (TPSA) is 228 Å². The molecule has 12 unspecified atom stereocenters. The van der Waals surface area contributed by atoms with Crippen molar-refractivity contribution < 1.29 is 64.6 Å². The van der Waals surface area contributed by atoms with Crippen LogP contribution >= 0.6 is 0 Å². The molecule has 0 aromatic carbocycles. The Bertz CT molecular complexity index is 1830. The number of carbonyl (C=O) groups is 1. The monoisotopic (exact) mass is 1340 g/mol. The van der Waals surface area contributed by atoms with Crippen LogP contribution in [0.5, 0.6) is 0 Å². The van der Waals surface area contributed by atoms with E-state index in [2.05, 4.69) is 67.8 Å². The SMILES string of the molecule is CC/C=C\C/C=C\C/C=C\C/C=C\CCCCCCCCCCCCCCCCCCC(=O)NC(COC1OC(CO)C(OC2OC(CO)C(O)C(O)C2O)C(O)C1O)C(O)/C=C/CCCCCCCCCCCCCCCCCCCCCCCCCCCCCCCC. The molecule has 0 spiro atoms. The zero-order valence-corrected chi connectivity index (χ0v) is 60.9. The van der Waals surface area contributed by atoms with Crippen LogP contribution < -0.4 is 5.32 Å². The average molecular weight is 1350 g/mol. The Balaban J connectivity index is 1.62. The number of nitrogens with one attached hydrogen (secondary N) is 1. The van der Waals surface area contributed by atoms with E-state index >= 15 is 0 Å². The van der Waals surface area contributed by atoms with Gasteiger partial charge in [-0.05, 0) is 57.8 Å². The van der Waals surface area contributed by atoms with Crippen LogP contribution in [0.3, 0.4) is 0 Å². The van der Waals surface area contributed by atoms with Gasteiger partial charge in [-0.2, -0.15) is 0 Å². The van der Waals surface area contributed by atoms with Gasteiger partial charge in [-0.3, -0.25) is 4.79 Å². The number of unbranched alkanes of at least 4 members (excludes halogenated alkanes) is 46. The third-order valence-electron chi connectivity index (χ3n) is 19.5. The summed E-state index contributed by atoms with van der Waals surface area (Å²) >= 11 is 0. The fourth-order valence-electron chi connectivity index (χ4n) is 13.2. The maximum atomic E-state index is 13.4. The lowest BCUT2D eigenvalue weighted by molar-refractivity contribution is -0.359. The molecule has 12 atom stereocenters. The molecule has 2 rings (SSSR count). The van der Waals surface area contributed by atoms with Gasteiger partial charge < -0.3 is 65.1 Å². The van der Waals surface area contributed by atoms with E-state index in [9.17, 15) is 45.6 Å². The lowest BCUT2D eigenvalue weighted by Gasteiger charge is -2.46. The molecule has 2 aliphatic rings. The molecule has 14 heteroatoms. The van der Waals surface area contributed by atoms with Gasteiger partial charge in [0.25, 0.3) is 0 Å². The van der Waals surface area contributed by atoms with Gasteiger partial charge in [0.05, 0.1) is 32.0 Å². The molecule has 0 aromatic heterocycles. The standard InChI is InChI=1S/C81H149NO13/c1-3-5-7-9-11-13-15-17-19-21-23-25-27-29-31-33-34-35-37-38-40-42-44-46-48-50-52-54-56-58-60-62-64-70(85)69(68-92-80-78(91)76(89)79(72(67-84)94-80)95-81-77(90)75(88)74(87)71(66-83)93-81)82-73(86)65-63-61-59-57-55-53-51-49-47-45-43-41-39-36-32-30-28-26-24-22-20-18-16-14-12-10-8-6-4-2/h6,8,12,14,18,20,24,26,62,64,69-72,74-81,83-85,87-91H,3-5,7,9-11,13,15-17,19,21-23,25,27-61,63,65-68H2,1-2H3,(H,82,86)/b8-6-,14-12-,20-18-,26-24-,64-62+. The second-order valence-corrected chi connectivity index (χ2v) is 28.2. The first-order valence-corrected chi connectivity index (χ1v) is 40.0. The summed E-state index contributed by atoms with van der Waals surface area (Å²) in [4.78, 5) is 13.4. The van der Waals surface area contributed by atoms with E-state index in [1.165, 1.54) is 263 Å². The number of hydrogen-bond donors (Lipinski definition) is 9. The van der Waals surface area contributed by atoms with E-state index in [4.69, 9.17) is 18.9 Å². The summed E-state index contributed by atoms with van der Waals surface area (Å²) in [5, 5.41) is 87.7. The summed E-state index contributed by atoms with van der Waals surface area (Å²) in [5.74, 6) is -0.235. The van der Waals surface area contributed by atoms with Gasteiger partial charge in [-0.25, -0.2) is 0 Å². The Kier molecular flexibility index (Phi) is 60.8. The first kappa shape index (κ1) is 88.8. The van der Waals surface area contributed by atoms with Crippen LogP contribution in [0.15, 0.2) is 60.8 Å². The van der Waals surface area contributed by atoms with Crippen LogP contribution in [0, 0.1) is 0 Å². The van der Waals surface area contributed by atoms with E-state index in [0.717, 1.165) is 64.2 Å². The third-order valence-corrected chi connectivity index (χ3v) is 19.5. The van der Waals surface area contributed by atoms with E-state index in [-0.39, 0.29) is 18.9 Å². The third kappa shape index (κ3) is 48.2. The molecule has 14 nitrogen and oxygen atoms in total. The van der Waals surface area contributed by atoms with Crippen molar-refractivity contribution in [2.24, 2.45) is 0 Å². The minimum Gasteiger partial charge on any atom is -0.394 e. The number of carbonyl (C=O) groups excluding carboxylic acids is 1. The van der Waals surface area contributed by atoms with Crippen molar-refractivity contribution in [3.63, 3.8) is 0 Å². The lowest BCUT2D eigenvalue weighted by Crippen LogP contribution is -2.65. The van der Waals surface area contributed by atoms with Gasteiger partial charge in [0.2, 0.25) is 5.91 Å². The molecule has 0 saturated carbocycles. The summed E-state index contributed by atoms with van der Waals surface area (Å²) in [6.45, 7) is 2.74. The number of aliphatic hydroxyl groups is 8. The van der Waals surface area contributed by atoms with Gasteiger partial charge in [-0.1, -0.05) is 351 Å². The van der Waals surface area contributed by atoms with Gasteiger partial charge in [0, 0.05) is 6.42 Å². The number of aliphatic hydroxyl groups excluding tert-OH is 8. The molecule has 556 valence electrons. The normalized spacial score (nSPS) is 22.6. The predicted molar refractivity (Wildman–Crippen MR) is 392 cm³/mol. The molecule has 2 aliphatic heterocycles. The zero-order chi connectivity index (χ0) is 68.7. The van der Waals surface area contributed by atoms with E-state index < -0.39 is 86.8 Å². The lowest BCUT2D eigenvalue weighted by atomic mass is 9.97. The van der Waals surface area contributed by atoms with Crippen LogP contribution in [-0.4, -0.2) is 140 Å². The van der Waals surface area contributed by atoms with Crippen molar-refractivity contribution in [1.29, 1.82) is 0 Å². The fraction of sp³-hybridized carbons (Fsp3) is 0.864. The summed E-state index contributed by atoms with van der Waals surface area (Å²) in [6.07, 6.45) is 71.6. The second-order valence-electron chi connectivity index (χ2n) is 28.2. The Morgan fingerprint density at radius 2 is 0.726 bits per heavy atom. The molecule has 2 fully saturated rings. The molecule has 0 aromatic rings. The number of amides is 1. The summed E-state index contributed by atoms with van der Waals surface area (Å²) < 4.78 is 22.9. The number of hydrogen-bond acceptors (Lipinski definition) is 13. The molecule has 0 aliphatic carbocycles. The fourth-order valence-corrected chi connectivity index (χ4v) is 13.2. The molecular weight excluding hydrogens is 1190 g/mol. The Hall–Kier alpha value is -2.31. The van der Waals surface area contributed by atoms with Gasteiger partial charge >= 0.3 is 0 Å². The minimum atomic E-state index is -1.79. The molecule has 9 N–H and O–H groups in total. The first-order valence-electron chi connectivity index (χ1n) is 40.0. The maximum Gasteiger partial charge on any atom is 0.220 e. The molecule has 2 saturated heterocycles. The van der Waals surface area contributed by atoms with Crippen molar-refractivity contribution in [1.82, 2.24) is 5.32 Å². The Morgan fingerprint density at radius 1 is 0.389 bits per heavy atom. The van der Waals surface area contributed by atoms with Crippen LogP contribution in [0.1, 0.15) is 354 Å². The molecular formula is C81H149NO13. The molecule has 95 heavy (non-hydrogen) atoms. The van der Waals surface area contributed by atoms with Crippen molar-refractivity contribution in [3.05, 3.63) is 60.8 Å². The summed E-state index contributed by atoms with van der Waals surface area (Å²) in [7, 11) is 0. The zero-order valence-electron chi connectivity index (χ0n) is 60.9. The Labute approximate surface area is 581 Å². The largest absolute Gasteiger partial charge is 0.394 e. The molecule has 2 heterocycles. The van der Waals surface area contributed by atoms with Crippen molar-refractivity contribution in [2.75, 3.05) is 19.8 Å². The minimum absolute atomic E-state index is 0.235. The summed E-state index contributed by atoms with van der Waals surface area (Å²) in [5.41, 5.74) is 0. The maximum absolute atomic E-state index is 13.4. The molecule has 0 bridgehead atoms. The first-order chi connectivity index (χ1) is 46.6. The highest BCUT2D eigenvalue weighted by Gasteiger charge is 2.51. The quantitative estimate of drug-likeness (QED) is 0.0204. The van der Waals surface area contributed by atoms with Crippen LogP contribution in [-0.2, 0) is 23.7 Å². The Morgan fingerprint density at radius 3 is 1.12 bits per heavy atom. The number of rotatable bonds is 67. The number of ether oxygens (including phenoxy) is 4. The smallest absolute Gasteiger partial charge is 0.220 e. The van der Waals surface area contributed by atoms with Gasteiger partial charge in [0.15, 0.2) is 12.6 Å².